The Morgan fingerprint density at radius 3 is 2.56 bits per heavy atom. The van der Waals surface area contributed by atoms with Gasteiger partial charge in [0.15, 0.2) is 5.17 Å². The zero-order valence-electron chi connectivity index (χ0n) is 17.8. The summed E-state index contributed by atoms with van der Waals surface area (Å²) in [5.41, 5.74) is 2.16. The maximum atomic E-state index is 13.3. The fraction of sp³-hybridized carbons (Fsp3) is 0.261. The molecule has 2 heterocycles. The molecule has 0 aromatic heterocycles. The second-order valence-corrected chi connectivity index (χ2v) is 8.72. The number of hydrogen-bond donors (Lipinski definition) is 0. The highest BCUT2D eigenvalue weighted by molar-refractivity contribution is 9.10. The lowest BCUT2D eigenvalue weighted by Crippen LogP contribution is -2.39. The van der Waals surface area contributed by atoms with Gasteiger partial charge in [0.05, 0.1) is 42.3 Å². The first-order valence-corrected chi connectivity index (χ1v) is 11.7. The first-order chi connectivity index (χ1) is 15.5. The number of methoxy groups -OCH3 is 2. The van der Waals surface area contributed by atoms with Crippen molar-refractivity contribution >= 4 is 50.4 Å². The molecular formula is C23H21BrN2O5S. The fourth-order valence-electron chi connectivity index (χ4n) is 3.75. The largest absolute Gasteiger partial charge is 0.496 e. The van der Waals surface area contributed by atoms with E-state index in [4.69, 9.17) is 19.2 Å². The third-order valence-electron chi connectivity index (χ3n) is 5.14. The Balaban J connectivity index is 2.02. The molecule has 1 amide bonds. The molecule has 0 spiro atoms. The smallest absolute Gasteiger partial charge is 0.338 e. The van der Waals surface area contributed by atoms with Crippen LogP contribution in [0.1, 0.15) is 24.1 Å². The number of aliphatic imine (C=N–C) groups is 1. The molecule has 2 aliphatic heterocycles. The van der Waals surface area contributed by atoms with E-state index in [2.05, 4.69) is 15.9 Å². The van der Waals surface area contributed by atoms with Gasteiger partial charge < -0.3 is 14.2 Å². The molecule has 0 radical (unpaired) electrons. The maximum absolute atomic E-state index is 13.3. The van der Waals surface area contributed by atoms with Gasteiger partial charge in [0.2, 0.25) is 5.91 Å². The molecule has 0 saturated carbocycles. The van der Waals surface area contributed by atoms with Crippen LogP contribution in [0.5, 0.6) is 11.5 Å². The Morgan fingerprint density at radius 1 is 1.19 bits per heavy atom. The predicted octanol–water partition coefficient (Wildman–Crippen LogP) is 4.43. The summed E-state index contributed by atoms with van der Waals surface area (Å²) in [6, 6.07) is 12.2. The van der Waals surface area contributed by atoms with E-state index in [9.17, 15) is 9.59 Å². The molecule has 1 fully saturated rings. The van der Waals surface area contributed by atoms with Crippen LogP contribution in [-0.2, 0) is 14.3 Å². The SMILES string of the molecule is CCOC(=O)C1=C(c2ccccc2)N=C2SCC(=O)N2[C@@H]1c1cc(Br)c(OC)cc1OC. The van der Waals surface area contributed by atoms with Crippen LogP contribution >= 0.6 is 27.7 Å². The van der Waals surface area contributed by atoms with Crippen molar-refractivity contribution in [3.63, 3.8) is 0 Å². The van der Waals surface area contributed by atoms with Crippen molar-refractivity contribution in [1.29, 1.82) is 0 Å². The lowest BCUT2D eigenvalue weighted by atomic mass is 9.91. The number of esters is 1. The Labute approximate surface area is 198 Å². The summed E-state index contributed by atoms with van der Waals surface area (Å²) in [4.78, 5) is 32.5. The number of benzene rings is 2. The Bertz CT molecular complexity index is 1130. The quantitative estimate of drug-likeness (QED) is 0.528. The lowest BCUT2D eigenvalue weighted by Gasteiger charge is -2.34. The van der Waals surface area contributed by atoms with E-state index >= 15 is 0 Å². The Kier molecular flexibility index (Phi) is 6.57. The molecule has 1 saturated heterocycles. The summed E-state index contributed by atoms with van der Waals surface area (Å²) in [6.45, 7) is 1.94. The van der Waals surface area contributed by atoms with Crippen LogP contribution in [0.4, 0.5) is 0 Å². The number of fused-ring (bicyclic) bond motifs is 1. The van der Waals surface area contributed by atoms with Crippen LogP contribution in [0.3, 0.4) is 0 Å². The molecule has 7 nitrogen and oxygen atoms in total. The molecular weight excluding hydrogens is 496 g/mol. The number of thioether (sulfide) groups is 1. The number of amides is 1. The van der Waals surface area contributed by atoms with Gasteiger partial charge in [-0.2, -0.15) is 0 Å². The van der Waals surface area contributed by atoms with Crippen LogP contribution in [0.2, 0.25) is 0 Å². The van der Waals surface area contributed by atoms with Gasteiger partial charge >= 0.3 is 5.97 Å². The molecule has 4 rings (SSSR count). The summed E-state index contributed by atoms with van der Waals surface area (Å²) in [6.07, 6.45) is 0. The highest BCUT2D eigenvalue weighted by Gasteiger charge is 2.45. The van der Waals surface area contributed by atoms with Gasteiger partial charge in [0.1, 0.15) is 17.5 Å². The van der Waals surface area contributed by atoms with Crippen LogP contribution in [0, 0.1) is 0 Å². The molecule has 0 bridgehead atoms. The van der Waals surface area contributed by atoms with Crippen molar-refractivity contribution in [2.45, 2.75) is 13.0 Å². The predicted molar refractivity (Wildman–Crippen MR) is 127 cm³/mol. The molecule has 32 heavy (non-hydrogen) atoms. The van der Waals surface area contributed by atoms with Gasteiger partial charge in [-0.25, -0.2) is 9.79 Å². The molecule has 1 atom stereocenters. The number of carbonyl (C=O) groups is 2. The highest BCUT2D eigenvalue weighted by atomic mass is 79.9. The summed E-state index contributed by atoms with van der Waals surface area (Å²) in [5.74, 6) is 0.629. The van der Waals surface area contributed by atoms with Crippen molar-refractivity contribution in [1.82, 2.24) is 4.90 Å². The first kappa shape index (κ1) is 22.4. The van der Waals surface area contributed by atoms with Crippen molar-refractivity contribution in [3.05, 3.63) is 63.6 Å². The number of nitrogens with zero attached hydrogens (tertiary/aromatic N) is 2. The third kappa shape index (κ3) is 3.91. The molecule has 0 N–H and O–H groups in total. The number of carbonyl (C=O) groups excluding carboxylic acids is 2. The first-order valence-electron chi connectivity index (χ1n) is 9.91. The van der Waals surface area contributed by atoms with Gasteiger partial charge in [-0.15, -0.1) is 0 Å². The van der Waals surface area contributed by atoms with Gasteiger partial charge in [-0.3, -0.25) is 9.69 Å². The van der Waals surface area contributed by atoms with Gasteiger partial charge in [-0.1, -0.05) is 42.1 Å². The summed E-state index contributed by atoms with van der Waals surface area (Å²) >= 11 is 4.87. The van der Waals surface area contributed by atoms with E-state index in [0.717, 1.165) is 5.56 Å². The summed E-state index contributed by atoms with van der Waals surface area (Å²) < 4.78 is 17.1. The van der Waals surface area contributed by atoms with Crippen LogP contribution < -0.4 is 9.47 Å². The molecule has 166 valence electrons. The zero-order chi connectivity index (χ0) is 22.8. The van der Waals surface area contributed by atoms with Gasteiger partial charge in [0, 0.05) is 17.2 Å². The second kappa shape index (κ2) is 9.38. The molecule has 0 unspecified atom stereocenters. The zero-order valence-corrected chi connectivity index (χ0v) is 20.2. The maximum Gasteiger partial charge on any atom is 0.338 e. The average molecular weight is 517 g/mol. The van der Waals surface area contributed by atoms with E-state index in [1.165, 1.54) is 18.9 Å². The number of ether oxygens (including phenoxy) is 3. The van der Waals surface area contributed by atoms with E-state index in [-0.39, 0.29) is 23.8 Å². The number of rotatable bonds is 6. The van der Waals surface area contributed by atoms with Crippen LogP contribution in [-0.4, -0.2) is 48.5 Å². The standard InChI is InChI=1S/C23H21BrN2O5S/c1-4-31-22(28)19-20(13-8-6-5-7-9-13)25-23-26(18(27)12-32-23)21(19)14-10-15(24)17(30-3)11-16(14)29-2/h5-11,21H,4,12H2,1-3H3/t21-/m1/s1. The molecule has 2 aromatic rings. The molecule has 2 aromatic carbocycles. The minimum Gasteiger partial charge on any atom is -0.496 e. The average Bonchev–Trinajstić information content (AvgIpc) is 3.18. The van der Waals surface area contributed by atoms with E-state index < -0.39 is 12.0 Å². The van der Waals surface area contributed by atoms with Crippen molar-refractivity contribution in [3.8, 4) is 11.5 Å². The van der Waals surface area contributed by atoms with Crippen LogP contribution in [0.15, 0.2) is 57.5 Å². The third-order valence-corrected chi connectivity index (χ3v) is 6.69. The van der Waals surface area contributed by atoms with E-state index in [1.54, 1.807) is 25.0 Å². The Morgan fingerprint density at radius 2 is 1.91 bits per heavy atom. The minimum absolute atomic E-state index is 0.137. The minimum atomic E-state index is -0.767. The lowest BCUT2D eigenvalue weighted by molar-refractivity contribution is -0.139. The molecule has 0 aliphatic carbocycles. The summed E-state index contributed by atoms with van der Waals surface area (Å²) in [5, 5.41) is 0.542. The van der Waals surface area contributed by atoms with E-state index in [1.807, 2.05) is 36.4 Å². The van der Waals surface area contributed by atoms with Crippen molar-refractivity contribution in [2.24, 2.45) is 4.99 Å². The monoisotopic (exact) mass is 516 g/mol. The highest BCUT2D eigenvalue weighted by Crippen LogP contribution is 2.48. The second-order valence-electron chi connectivity index (χ2n) is 6.93. The van der Waals surface area contributed by atoms with Crippen molar-refractivity contribution in [2.75, 3.05) is 26.6 Å². The summed E-state index contributed by atoms with van der Waals surface area (Å²) in [7, 11) is 3.10. The number of halogens is 1. The normalized spacial score (nSPS) is 17.8. The molecule has 2 aliphatic rings. The molecule has 9 heteroatoms. The van der Waals surface area contributed by atoms with Gasteiger partial charge in [-0.05, 0) is 28.9 Å². The number of amidine groups is 1. The van der Waals surface area contributed by atoms with Crippen molar-refractivity contribution < 1.29 is 23.8 Å². The van der Waals surface area contributed by atoms with E-state index in [0.29, 0.717) is 32.4 Å². The van der Waals surface area contributed by atoms with Crippen LogP contribution in [0.25, 0.3) is 5.70 Å². The fourth-order valence-corrected chi connectivity index (χ4v) is 5.17. The topological polar surface area (TPSA) is 77.4 Å². The Hall–Kier alpha value is -2.78. The number of hydrogen-bond acceptors (Lipinski definition) is 7. The van der Waals surface area contributed by atoms with Gasteiger partial charge in [0.25, 0.3) is 0 Å².